The molecular formula is C15H21NO2. The van der Waals surface area contributed by atoms with Crippen molar-refractivity contribution in [3.63, 3.8) is 0 Å². The normalized spacial score (nSPS) is 10.8. The maximum Gasteiger partial charge on any atom is 0.246 e. The average molecular weight is 247 g/mol. The predicted molar refractivity (Wildman–Crippen MR) is 74.3 cm³/mol. The number of aromatic hydroxyl groups is 1. The van der Waals surface area contributed by atoms with Crippen LogP contribution in [0.25, 0.3) is 6.08 Å². The first-order valence-corrected chi connectivity index (χ1v) is 6.43. The second kappa shape index (κ2) is 7.54. The van der Waals surface area contributed by atoms with E-state index < -0.39 is 0 Å². The first-order valence-electron chi connectivity index (χ1n) is 6.43. The Hall–Kier alpha value is -1.77. The molecule has 3 heteroatoms. The van der Waals surface area contributed by atoms with Crippen molar-refractivity contribution in [2.24, 2.45) is 0 Å². The van der Waals surface area contributed by atoms with Crippen LogP contribution in [0.1, 0.15) is 32.3 Å². The summed E-state index contributed by atoms with van der Waals surface area (Å²) in [5.74, 6) is 0.241. The number of carbonyl (C=O) groups excluding carboxylic acids is 1. The van der Waals surface area contributed by atoms with Gasteiger partial charge in [-0.3, -0.25) is 4.79 Å². The molecule has 18 heavy (non-hydrogen) atoms. The summed E-state index contributed by atoms with van der Waals surface area (Å²) in [6, 6.07) is 6.86. The number of carbonyl (C=O) groups is 1. The molecule has 0 aliphatic carbocycles. The van der Waals surface area contributed by atoms with E-state index >= 15 is 0 Å². The summed E-state index contributed by atoms with van der Waals surface area (Å²) in [5.41, 5.74) is 0.830. The van der Waals surface area contributed by atoms with E-state index in [-0.39, 0.29) is 11.7 Å². The zero-order valence-corrected chi connectivity index (χ0v) is 11.1. The molecule has 3 nitrogen and oxygen atoms in total. The fourth-order valence-electron chi connectivity index (χ4n) is 1.77. The summed E-state index contributed by atoms with van der Waals surface area (Å²) in [5, 5.41) is 9.33. The quantitative estimate of drug-likeness (QED) is 0.785. The SMILES string of the molecule is CCCN(CCC)C(=O)C=Cc1cccc(O)c1. The van der Waals surface area contributed by atoms with E-state index in [9.17, 15) is 9.90 Å². The third kappa shape index (κ3) is 4.62. The van der Waals surface area contributed by atoms with E-state index in [2.05, 4.69) is 13.8 Å². The lowest BCUT2D eigenvalue weighted by molar-refractivity contribution is -0.126. The van der Waals surface area contributed by atoms with Crippen molar-refractivity contribution >= 4 is 12.0 Å². The average Bonchev–Trinajstić information content (AvgIpc) is 2.36. The first kappa shape index (κ1) is 14.3. The van der Waals surface area contributed by atoms with Gasteiger partial charge in [-0.2, -0.15) is 0 Å². The van der Waals surface area contributed by atoms with Gasteiger partial charge in [-0.1, -0.05) is 26.0 Å². The Balaban J connectivity index is 2.67. The third-order valence-electron chi connectivity index (χ3n) is 2.59. The highest BCUT2D eigenvalue weighted by Crippen LogP contribution is 2.12. The molecule has 0 radical (unpaired) electrons. The van der Waals surface area contributed by atoms with Crippen LogP contribution in [0.5, 0.6) is 5.75 Å². The Morgan fingerprint density at radius 2 is 1.94 bits per heavy atom. The van der Waals surface area contributed by atoms with E-state index in [0.717, 1.165) is 31.5 Å². The second-order valence-corrected chi connectivity index (χ2v) is 4.25. The number of phenols is 1. The van der Waals surface area contributed by atoms with Crippen LogP contribution in [0.15, 0.2) is 30.3 Å². The Morgan fingerprint density at radius 1 is 1.28 bits per heavy atom. The molecule has 0 spiro atoms. The van der Waals surface area contributed by atoms with Gasteiger partial charge in [0.1, 0.15) is 5.75 Å². The highest BCUT2D eigenvalue weighted by molar-refractivity contribution is 5.91. The second-order valence-electron chi connectivity index (χ2n) is 4.25. The molecule has 1 N–H and O–H groups in total. The molecule has 0 unspecified atom stereocenters. The van der Waals surface area contributed by atoms with Gasteiger partial charge in [-0.25, -0.2) is 0 Å². The number of rotatable bonds is 6. The molecule has 0 aliphatic heterocycles. The van der Waals surface area contributed by atoms with Crippen LogP contribution in [0.2, 0.25) is 0 Å². The van der Waals surface area contributed by atoms with Crippen molar-refractivity contribution in [3.8, 4) is 5.75 Å². The van der Waals surface area contributed by atoms with Crippen molar-refractivity contribution < 1.29 is 9.90 Å². The number of benzene rings is 1. The lowest BCUT2D eigenvalue weighted by atomic mass is 10.2. The molecule has 0 aromatic heterocycles. The number of nitrogens with zero attached hydrogens (tertiary/aromatic N) is 1. The monoisotopic (exact) mass is 247 g/mol. The van der Waals surface area contributed by atoms with E-state index in [1.807, 2.05) is 11.0 Å². The summed E-state index contributed by atoms with van der Waals surface area (Å²) in [6.45, 7) is 5.71. The van der Waals surface area contributed by atoms with Crippen LogP contribution < -0.4 is 0 Å². The number of hydrogen-bond acceptors (Lipinski definition) is 2. The van der Waals surface area contributed by atoms with Gasteiger partial charge < -0.3 is 10.0 Å². The van der Waals surface area contributed by atoms with Crippen molar-refractivity contribution in [2.45, 2.75) is 26.7 Å². The van der Waals surface area contributed by atoms with Gasteiger partial charge in [-0.15, -0.1) is 0 Å². The Morgan fingerprint density at radius 3 is 2.50 bits per heavy atom. The van der Waals surface area contributed by atoms with Crippen LogP contribution in [0.3, 0.4) is 0 Å². The summed E-state index contributed by atoms with van der Waals surface area (Å²) < 4.78 is 0. The van der Waals surface area contributed by atoms with Gasteiger partial charge in [0.05, 0.1) is 0 Å². The molecule has 0 bridgehead atoms. The molecule has 1 aromatic rings. The molecule has 0 saturated heterocycles. The van der Waals surface area contributed by atoms with Gasteiger partial charge >= 0.3 is 0 Å². The van der Waals surface area contributed by atoms with Crippen molar-refractivity contribution in [1.82, 2.24) is 4.90 Å². The lowest BCUT2D eigenvalue weighted by Crippen LogP contribution is -2.30. The summed E-state index contributed by atoms with van der Waals surface area (Å²) in [4.78, 5) is 13.8. The molecule has 1 aromatic carbocycles. The molecule has 0 fully saturated rings. The third-order valence-corrected chi connectivity index (χ3v) is 2.59. The fourth-order valence-corrected chi connectivity index (χ4v) is 1.77. The van der Waals surface area contributed by atoms with Crippen LogP contribution >= 0.6 is 0 Å². The van der Waals surface area contributed by atoms with Gasteiger partial charge in [0.25, 0.3) is 0 Å². The number of amides is 1. The molecule has 0 aliphatic rings. The lowest BCUT2D eigenvalue weighted by Gasteiger charge is -2.19. The van der Waals surface area contributed by atoms with Crippen LogP contribution in [0, 0.1) is 0 Å². The Kier molecular flexibility index (Phi) is 5.98. The molecule has 98 valence electrons. The topological polar surface area (TPSA) is 40.5 Å². The standard InChI is InChI=1S/C15H21NO2/c1-3-10-16(11-4-2)15(18)9-8-13-6-5-7-14(17)12-13/h5-9,12,17H,3-4,10-11H2,1-2H3. The summed E-state index contributed by atoms with van der Waals surface area (Å²) >= 11 is 0. The maximum absolute atomic E-state index is 12.0. The highest BCUT2D eigenvalue weighted by Gasteiger charge is 2.07. The molecule has 0 atom stereocenters. The largest absolute Gasteiger partial charge is 0.508 e. The minimum absolute atomic E-state index is 0.0297. The van der Waals surface area contributed by atoms with E-state index in [0.29, 0.717) is 0 Å². The molecule has 0 heterocycles. The van der Waals surface area contributed by atoms with Crippen molar-refractivity contribution in [2.75, 3.05) is 13.1 Å². The summed E-state index contributed by atoms with van der Waals surface area (Å²) in [6.07, 6.45) is 5.23. The first-order chi connectivity index (χ1) is 8.67. The molecule has 0 saturated carbocycles. The Bertz CT molecular complexity index is 407. The van der Waals surface area contributed by atoms with Gasteiger partial charge in [0.2, 0.25) is 5.91 Å². The van der Waals surface area contributed by atoms with Crippen molar-refractivity contribution in [1.29, 1.82) is 0 Å². The van der Waals surface area contributed by atoms with E-state index in [4.69, 9.17) is 0 Å². The zero-order chi connectivity index (χ0) is 13.4. The highest BCUT2D eigenvalue weighted by atomic mass is 16.3. The fraction of sp³-hybridized carbons (Fsp3) is 0.400. The van der Waals surface area contributed by atoms with E-state index in [1.165, 1.54) is 0 Å². The van der Waals surface area contributed by atoms with Crippen LogP contribution in [-0.2, 0) is 4.79 Å². The molecule has 1 amide bonds. The van der Waals surface area contributed by atoms with E-state index in [1.54, 1.807) is 30.4 Å². The van der Waals surface area contributed by atoms with Crippen LogP contribution in [-0.4, -0.2) is 29.0 Å². The zero-order valence-electron chi connectivity index (χ0n) is 11.1. The van der Waals surface area contributed by atoms with Crippen LogP contribution in [0.4, 0.5) is 0 Å². The smallest absolute Gasteiger partial charge is 0.246 e. The number of hydrogen-bond donors (Lipinski definition) is 1. The van der Waals surface area contributed by atoms with Crippen molar-refractivity contribution in [3.05, 3.63) is 35.9 Å². The molecule has 1 rings (SSSR count). The summed E-state index contributed by atoms with van der Waals surface area (Å²) in [7, 11) is 0. The maximum atomic E-state index is 12.0. The van der Waals surface area contributed by atoms with Gasteiger partial charge in [0, 0.05) is 19.2 Å². The predicted octanol–water partition coefficient (Wildman–Crippen LogP) is 3.05. The van der Waals surface area contributed by atoms with Gasteiger partial charge in [0.15, 0.2) is 0 Å². The Labute approximate surface area is 109 Å². The van der Waals surface area contributed by atoms with Gasteiger partial charge in [-0.05, 0) is 36.6 Å². The number of phenolic OH excluding ortho intramolecular Hbond substituents is 1. The minimum atomic E-state index is 0.0297. The molecular weight excluding hydrogens is 226 g/mol. The minimum Gasteiger partial charge on any atom is -0.508 e.